The summed E-state index contributed by atoms with van der Waals surface area (Å²) < 4.78 is 1.47. The van der Waals surface area contributed by atoms with E-state index in [4.69, 9.17) is 17.2 Å². The number of hydrogen-bond acceptors (Lipinski definition) is 5. The van der Waals surface area contributed by atoms with Gasteiger partial charge in [0.15, 0.2) is 5.65 Å². The van der Waals surface area contributed by atoms with Crippen LogP contribution < -0.4 is 17.2 Å². The van der Waals surface area contributed by atoms with Crippen LogP contribution in [0.5, 0.6) is 0 Å². The van der Waals surface area contributed by atoms with E-state index in [1.54, 1.807) is 6.92 Å². The molecule has 0 aromatic carbocycles. The number of fused-ring (bicyclic) bond motifs is 1. The molecule has 0 atom stereocenters. The van der Waals surface area contributed by atoms with Crippen molar-refractivity contribution in [2.24, 2.45) is 0 Å². The Bertz CT molecular complexity index is 471. The standard InChI is InChI=1S/C7H10N6/c1-3-5(9)12-7-4(8)2-11-13(7)6(3)10/h2H,8,10H2,1H3,(H2,9,12). The Morgan fingerprint density at radius 2 is 2.00 bits per heavy atom. The van der Waals surface area contributed by atoms with Crippen LogP contribution in [0.15, 0.2) is 6.20 Å². The molecule has 0 saturated carbocycles. The average molecular weight is 178 g/mol. The van der Waals surface area contributed by atoms with Gasteiger partial charge in [-0.1, -0.05) is 0 Å². The van der Waals surface area contributed by atoms with Crippen LogP contribution >= 0.6 is 0 Å². The number of aromatic nitrogens is 3. The van der Waals surface area contributed by atoms with Crippen LogP contribution in [0.2, 0.25) is 0 Å². The molecule has 13 heavy (non-hydrogen) atoms. The third-order valence-corrected chi connectivity index (χ3v) is 1.99. The van der Waals surface area contributed by atoms with Crippen molar-refractivity contribution in [2.45, 2.75) is 6.92 Å². The normalized spacial score (nSPS) is 10.8. The average Bonchev–Trinajstić information content (AvgIpc) is 2.45. The molecule has 0 fully saturated rings. The minimum Gasteiger partial charge on any atom is -0.394 e. The van der Waals surface area contributed by atoms with Crippen molar-refractivity contribution in [1.29, 1.82) is 0 Å². The fourth-order valence-electron chi connectivity index (χ4n) is 1.13. The van der Waals surface area contributed by atoms with Gasteiger partial charge in [-0.2, -0.15) is 9.61 Å². The van der Waals surface area contributed by atoms with Gasteiger partial charge >= 0.3 is 0 Å². The summed E-state index contributed by atoms with van der Waals surface area (Å²) >= 11 is 0. The van der Waals surface area contributed by atoms with Gasteiger partial charge < -0.3 is 17.2 Å². The van der Waals surface area contributed by atoms with Crippen LogP contribution in [0.25, 0.3) is 5.65 Å². The second-order valence-corrected chi connectivity index (χ2v) is 2.84. The van der Waals surface area contributed by atoms with E-state index in [2.05, 4.69) is 10.1 Å². The topological polar surface area (TPSA) is 108 Å². The lowest BCUT2D eigenvalue weighted by Gasteiger charge is -2.05. The summed E-state index contributed by atoms with van der Waals surface area (Å²) in [6, 6.07) is 0. The summed E-state index contributed by atoms with van der Waals surface area (Å²) in [6.45, 7) is 1.79. The molecular formula is C7H10N6. The van der Waals surface area contributed by atoms with E-state index >= 15 is 0 Å². The van der Waals surface area contributed by atoms with Crippen LogP contribution in [0, 0.1) is 6.92 Å². The van der Waals surface area contributed by atoms with E-state index in [1.807, 2.05) is 0 Å². The smallest absolute Gasteiger partial charge is 0.182 e. The number of nitrogens with two attached hydrogens (primary N) is 3. The highest BCUT2D eigenvalue weighted by atomic mass is 15.3. The Morgan fingerprint density at radius 3 is 2.69 bits per heavy atom. The van der Waals surface area contributed by atoms with Crippen molar-refractivity contribution in [3.05, 3.63) is 11.8 Å². The Balaban J connectivity index is 2.96. The molecule has 68 valence electrons. The molecule has 6 N–H and O–H groups in total. The van der Waals surface area contributed by atoms with Gasteiger partial charge in [-0.15, -0.1) is 0 Å². The van der Waals surface area contributed by atoms with Gasteiger partial charge in [0.25, 0.3) is 0 Å². The van der Waals surface area contributed by atoms with Crippen LogP contribution in [-0.2, 0) is 0 Å². The molecule has 0 bridgehead atoms. The third kappa shape index (κ3) is 0.883. The second kappa shape index (κ2) is 2.25. The lowest BCUT2D eigenvalue weighted by molar-refractivity contribution is 0.945. The monoisotopic (exact) mass is 178 g/mol. The molecule has 0 radical (unpaired) electrons. The van der Waals surface area contributed by atoms with Crippen LogP contribution in [0.1, 0.15) is 5.56 Å². The van der Waals surface area contributed by atoms with Gasteiger partial charge in [0.2, 0.25) is 0 Å². The summed E-state index contributed by atoms with van der Waals surface area (Å²) in [5, 5.41) is 3.97. The zero-order valence-corrected chi connectivity index (χ0v) is 7.15. The number of rotatable bonds is 0. The van der Waals surface area contributed by atoms with Crippen molar-refractivity contribution in [3.63, 3.8) is 0 Å². The van der Waals surface area contributed by atoms with E-state index < -0.39 is 0 Å². The van der Waals surface area contributed by atoms with Gasteiger partial charge in [-0.25, -0.2) is 4.98 Å². The number of anilines is 3. The molecule has 0 unspecified atom stereocenters. The van der Waals surface area contributed by atoms with E-state index in [-0.39, 0.29) is 0 Å². The first-order valence-corrected chi connectivity index (χ1v) is 3.76. The van der Waals surface area contributed by atoms with Gasteiger partial charge in [-0.05, 0) is 6.92 Å². The fourth-order valence-corrected chi connectivity index (χ4v) is 1.13. The minimum atomic E-state index is 0.386. The quantitative estimate of drug-likeness (QED) is 0.517. The predicted octanol–water partition coefficient (Wildman–Crippen LogP) is -0.216. The van der Waals surface area contributed by atoms with E-state index in [0.717, 1.165) is 5.56 Å². The van der Waals surface area contributed by atoms with Crippen molar-refractivity contribution in [3.8, 4) is 0 Å². The zero-order chi connectivity index (χ0) is 9.59. The van der Waals surface area contributed by atoms with Crippen molar-refractivity contribution in [2.75, 3.05) is 17.2 Å². The van der Waals surface area contributed by atoms with Crippen LogP contribution in [-0.4, -0.2) is 14.6 Å². The van der Waals surface area contributed by atoms with Crippen LogP contribution in [0.3, 0.4) is 0 Å². The summed E-state index contributed by atoms with van der Waals surface area (Å²) in [5.41, 5.74) is 18.7. The Hall–Kier alpha value is -1.98. The molecule has 2 heterocycles. The van der Waals surface area contributed by atoms with Crippen molar-refractivity contribution < 1.29 is 0 Å². The number of nitrogens with zero attached hydrogens (tertiary/aromatic N) is 3. The molecule has 0 amide bonds. The second-order valence-electron chi connectivity index (χ2n) is 2.84. The lowest BCUT2D eigenvalue weighted by atomic mass is 10.3. The zero-order valence-electron chi connectivity index (χ0n) is 7.15. The van der Waals surface area contributed by atoms with Gasteiger partial charge in [0.05, 0.1) is 11.9 Å². The van der Waals surface area contributed by atoms with Crippen molar-refractivity contribution >= 4 is 23.0 Å². The lowest BCUT2D eigenvalue weighted by Crippen LogP contribution is -2.07. The molecule has 0 aliphatic heterocycles. The first-order chi connectivity index (χ1) is 6.11. The maximum atomic E-state index is 5.76. The summed E-state index contributed by atoms with van der Waals surface area (Å²) in [4.78, 5) is 4.07. The number of nitrogen functional groups attached to an aromatic ring is 3. The highest BCUT2D eigenvalue weighted by molar-refractivity contribution is 5.70. The molecule has 6 heteroatoms. The Labute approximate surface area is 74.3 Å². The molecular weight excluding hydrogens is 168 g/mol. The molecule has 0 aliphatic carbocycles. The van der Waals surface area contributed by atoms with Gasteiger partial charge in [-0.3, -0.25) is 0 Å². The molecule has 0 saturated heterocycles. The van der Waals surface area contributed by atoms with E-state index in [1.165, 1.54) is 10.7 Å². The first kappa shape index (κ1) is 7.66. The molecule has 0 aliphatic rings. The highest BCUT2D eigenvalue weighted by Gasteiger charge is 2.09. The summed E-state index contributed by atoms with van der Waals surface area (Å²) in [7, 11) is 0. The van der Waals surface area contributed by atoms with Crippen LogP contribution in [0.4, 0.5) is 17.3 Å². The molecule has 0 spiro atoms. The SMILES string of the molecule is Cc1c(N)nc2c(N)cnn2c1N. The minimum absolute atomic E-state index is 0.386. The maximum absolute atomic E-state index is 5.76. The molecule has 6 nitrogen and oxygen atoms in total. The molecule has 2 aromatic heterocycles. The van der Waals surface area contributed by atoms with Crippen molar-refractivity contribution in [1.82, 2.24) is 14.6 Å². The first-order valence-electron chi connectivity index (χ1n) is 3.76. The third-order valence-electron chi connectivity index (χ3n) is 1.99. The highest BCUT2D eigenvalue weighted by Crippen LogP contribution is 2.20. The maximum Gasteiger partial charge on any atom is 0.182 e. The predicted molar refractivity (Wildman–Crippen MR) is 51.0 cm³/mol. The fraction of sp³-hybridized carbons (Fsp3) is 0.143. The Morgan fingerprint density at radius 1 is 1.31 bits per heavy atom. The Kier molecular flexibility index (Phi) is 1.33. The molecule has 2 rings (SSSR count). The number of hydrogen-bond donors (Lipinski definition) is 3. The van der Waals surface area contributed by atoms with E-state index in [9.17, 15) is 0 Å². The van der Waals surface area contributed by atoms with Gasteiger partial charge in [0, 0.05) is 5.56 Å². The van der Waals surface area contributed by atoms with Gasteiger partial charge in [0.1, 0.15) is 11.6 Å². The summed E-state index contributed by atoms with van der Waals surface area (Å²) in [5.74, 6) is 0.858. The summed E-state index contributed by atoms with van der Waals surface area (Å²) in [6.07, 6.45) is 1.50. The largest absolute Gasteiger partial charge is 0.394 e. The van der Waals surface area contributed by atoms with E-state index in [0.29, 0.717) is 23.0 Å². The molecule has 2 aromatic rings.